The molecule has 0 fully saturated rings. The number of hydrogen-bond acceptors (Lipinski definition) is 2. The van der Waals surface area contributed by atoms with Gasteiger partial charge in [0.1, 0.15) is 6.54 Å². The van der Waals surface area contributed by atoms with E-state index in [4.69, 9.17) is 0 Å². The minimum absolute atomic E-state index is 0.0189. The van der Waals surface area contributed by atoms with Crippen molar-refractivity contribution in [3.8, 4) is 0 Å². The van der Waals surface area contributed by atoms with Gasteiger partial charge in [0, 0.05) is 24.0 Å². The molecule has 0 atom stereocenters. The number of nitrogens with zero attached hydrogens (tertiary/aromatic N) is 1. The molecule has 0 aliphatic carbocycles. The van der Waals surface area contributed by atoms with Crippen molar-refractivity contribution in [1.29, 1.82) is 0 Å². The largest absolute Gasteiger partial charge is 0.355 e. The zero-order valence-electron chi connectivity index (χ0n) is 16.7. The quantitative estimate of drug-likeness (QED) is 0.505. The maximum Gasteiger partial charge on any atom is 0.258 e. The van der Waals surface area contributed by atoms with Gasteiger partial charge in [0.05, 0.1) is 0 Å². The lowest BCUT2D eigenvalue weighted by atomic mass is 9.88. The Bertz CT molecular complexity index is 1140. The Kier molecular flexibility index (Phi) is 6.04. The Morgan fingerprint density at radius 1 is 0.800 bits per heavy atom. The van der Waals surface area contributed by atoms with Crippen molar-refractivity contribution in [3.63, 3.8) is 0 Å². The molecule has 0 aliphatic heterocycles. The lowest BCUT2D eigenvalue weighted by Gasteiger charge is -2.18. The number of carbonyl (C=O) groups is 1. The summed E-state index contributed by atoms with van der Waals surface area (Å²) in [5, 5.41) is 4.49. The smallest absolute Gasteiger partial charge is 0.258 e. The van der Waals surface area contributed by atoms with Crippen LogP contribution in [0.15, 0.2) is 102 Å². The highest BCUT2D eigenvalue weighted by Gasteiger charge is 2.14. The van der Waals surface area contributed by atoms with Gasteiger partial charge in [-0.15, -0.1) is 0 Å². The van der Waals surface area contributed by atoms with E-state index in [1.165, 1.54) is 15.7 Å². The first-order chi connectivity index (χ1) is 14.7. The number of rotatable bonds is 7. The fourth-order valence-electron chi connectivity index (χ4n) is 3.82. The first-order valence-corrected chi connectivity index (χ1v) is 10.2. The number of pyridine rings is 1. The van der Waals surface area contributed by atoms with Crippen LogP contribution in [0.3, 0.4) is 0 Å². The van der Waals surface area contributed by atoms with Gasteiger partial charge in [0.2, 0.25) is 5.91 Å². The second-order valence-corrected chi connectivity index (χ2v) is 7.35. The fraction of sp³-hybridized carbons (Fsp3) is 0.154. The molecule has 4 rings (SSSR count). The molecule has 0 unspecified atom stereocenters. The van der Waals surface area contributed by atoms with E-state index in [2.05, 4.69) is 29.6 Å². The Balaban J connectivity index is 1.42. The number of amides is 1. The SMILES string of the molecule is O=C(Cn1ccc2ccccc2c1=O)NCCC(c1ccccc1)c1ccccc1. The monoisotopic (exact) mass is 396 g/mol. The first-order valence-electron chi connectivity index (χ1n) is 10.2. The summed E-state index contributed by atoms with van der Waals surface area (Å²) >= 11 is 0. The van der Waals surface area contributed by atoms with Gasteiger partial charge in [0.25, 0.3) is 5.56 Å². The number of nitrogens with one attached hydrogen (secondary N) is 1. The van der Waals surface area contributed by atoms with Gasteiger partial charge in [-0.3, -0.25) is 9.59 Å². The fourth-order valence-corrected chi connectivity index (χ4v) is 3.82. The molecule has 1 heterocycles. The maximum atomic E-state index is 12.6. The molecule has 0 spiro atoms. The molecule has 30 heavy (non-hydrogen) atoms. The van der Waals surface area contributed by atoms with E-state index < -0.39 is 0 Å². The summed E-state index contributed by atoms with van der Waals surface area (Å²) in [7, 11) is 0. The summed E-state index contributed by atoms with van der Waals surface area (Å²) in [4.78, 5) is 25.1. The van der Waals surface area contributed by atoms with Crippen molar-refractivity contribution in [1.82, 2.24) is 9.88 Å². The molecule has 150 valence electrons. The molecule has 0 aliphatic rings. The van der Waals surface area contributed by atoms with Gasteiger partial charge in [-0.1, -0.05) is 78.9 Å². The minimum atomic E-state index is -0.160. The van der Waals surface area contributed by atoms with Gasteiger partial charge in [0.15, 0.2) is 0 Å². The lowest BCUT2D eigenvalue weighted by Crippen LogP contribution is -2.33. The van der Waals surface area contributed by atoms with Gasteiger partial charge in [-0.2, -0.15) is 0 Å². The third kappa shape index (κ3) is 4.49. The minimum Gasteiger partial charge on any atom is -0.355 e. The summed E-state index contributed by atoms with van der Waals surface area (Å²) in [6.45, 7) is 0.556. The van der Waals surface area contributed by atoms with Crippen LogP contribution in [-0.4, -0.2) is 17.0 Å². The van der Waals surface area contributed by atoms with Crippen molar-refractivity contribution < 1.29 is 4.79 Å². The molecule has 4 nitrogen and oxygen atoms in total. The zero-order valence-corrected chi connectivity index (χ0v) is 16.7. The summed E-state index contributed by atoms with van der Waals surface area (Å²) < 4.78 is 1.46. The standard InChI is InChI=1S/C26H24N2O2/c29-25(19-28-18-16-22-13-7-8-14-24(22)26(28)30)27-17-15-23(20-9-3-1-4-10-20)21-11-5-2-6-12-21/h1-14,16,18,23H,15,17,19H2,(H,27,29). The Morgan fingerprint density at radius 2 is 1.40 bits per heavy atom. The van der Waals surface area contributed by atoms with Crippen molar-refractivity contribution in [2.45, 2.75) is 18.9 Å². The molecule has 4 aromatic rings. The number of benzene rings is 3. The van der Waals surface area contributed by atoms with E-state index in [0.717, 1.165) is 11.8 Å². The van der Waals surface area contributed by atoms with E-state index >= 15 is 0 Å². The van der Waals surface area contributed by atoms with E-state index in [1.54, 1.807) is 12.3 Å². The lowest BCUT2D eigenvalue weighted by molar-refractivity contribution is -0.121. The van der Waals surface area contributed by atoms with Crippen LogP contribution in [0.5, 0.6) is 0 Å². The predicted molar refractivity (Wildman–Crippen MR) is 121 cm³/mol. The van der Waals surface area contributed by atoms with Crippen LogP contribution in [0.25, 0.3) is 10.8 Å². The van der Waals surface area contributed by atoms with Crippen LogP contribution < -0.4 is 10.9 Å². The van der Waals surface area contributed by atoms with Gasteiger partial charge in [-0.25, -0.2) is 0 Å². The Morgan fingerprint density at radius 3 is 2.07 bits per heavy atom. The summed E-state index contributed by atoms with van der Waals surface area (Å²) in [6.07, 6.45) is 2.47. The average molecular weight is 396 g/mol. The molecule has 0 bridgehead atoms. The van der Waals surface area contributed by atoms with Gasteiger partial charge < -0.3 is 9.88 Å². The zero-order chi connectivity index (χ0) is 20.8. The van der Waals surface area contributed by atoms with Gasteiger partial charge >= 0.3 is 0 Å². The summed E-state index contributed by atoms with van der Waals surface area (Å²) in [6, 6.07) is 29.9. The predicted octanol–water partition coefficient (Wildman–Crippen LogP) is 4.34. The number of carbonyl (C=O) groups excluding carboxylic acids is 1. The molecule has 1 aromatic heterocycles. The molecule has 4 heteroatoms. The summed E-state index contributed by atoms with van der Waals surface area (Å²) in [5.74, 6) is 0.0448. The molecular weight excluding hydrogens is 372 g/mol. The maximum absolute atomic E-state index is 12.6. The van der Waals surface area contributed by atoms with Crippen molar-refractivity contribution in [2.75, 3.05) is 6.54 Å². The van der Waals surface area contributed by atoms with Gasteiger partial charge in [-0.05, 0) is 35.1 Å². The van der Waals surface area contributed by atoms with Crippen LogP contribution in [-0.2, 0) is 11.3 Å². The van der Waals surface area contributed by atoms with Crippen LogP contribution in [0, 0.1) is 0 Å². The second kappa shape index (κ2) is 9.23. The van der Waals surface area contributed by atoms with E-state index in [0.29, 0.717) is 11.9 Å². The van der Waals surface area contributed by atoms with Crippen molar-refractivity contribution in [3.05, 3.63) is 119 Å². The third-order valence-corrected chi connectivity index (χ3v) is 5.36. The van der Waals surface area contributed by atoms with Crippen molar-refractivity contribution in [2.24, 2.45) is 0 Å². The number of aromatic nitrogens is 1. The Labute approximate surface area is 175 Å². The normalized spacial score (nSPS) is 11.0. The first kappa shape index (κ1) is 19.6. The summed E-state index contributed by atoms with van der Waals surface area (Å²) in [5.41, 5.74) is 2.31. The van der Waals surface area contributed by atoms with E-state index in [-0.39, 0.29) is 23.9 Å². The molecule has 3 aromatic carbocycles. The molecule has 0 radical (unpaired) electrons. The second-order valence-electron chi connectivity index (χ2n) is 7.35. The third-order valence-electron chi connectivity index (χ3n) is 5.36. The molecule has 1 N–H and O–H groups in total. The average Bonchev–Trinajstić information content (AvgIpc) is 2.80. The molecule has 1 amide bonds. The number of hydrogen-bond donors (Lipinski definition) is 1. The van der Waals surface area contributed by atoms with Crippen LogP contribution >= 0.6 is 0 Å². The molecular formula is C26H24N2O2. The molecule has 0 saturated heterocycles. The molecule has 0 saturated carbocycles. The topological polar surface area (TPSA) is 51.1 Å². The highest BCUT2D eigenvalue weighted by atomic mass is 16.2. The van der Waals surface area contributed by atoms with Crippen LogP contribution in [0.1, 0.15) is 23.5 Å². The highest BCUT2D eigenvalue weighted by Crippen LogP contribution is 2.27. The van der Waals surface area contributed by atoms with Crippen molar-refractivity contribution >= 4 is 16.7 Å². The van der Waals surface area contributed by atoms with Crippen LogP contribution in [0.4, 0.5) is 0 Å². The van der Waals surface area contributed by atoms with Crippen LogP contribution in [0.2, 0.25) is 0 Å². The van der Waals surface area contributed by atoms with E-state index in [9.17, 15) is 9.59 Å². The number of fused-ring (bicyclic) bond motifs is 1. The highest BCUT2D eigenvalue weighted by molar-refractivity contribution is 5.82. The van der Waals surface area contributed by atoms with E-state index in [1.807, 2.05) is 60.7 Å². The Hall–Kier alpha value is -3.66.